The number of piperidine rings is 2. The molecule has 2 fully saturated rings. The number of aryl methyl sites for hydroxylation is 1. The summed E-state index contributed by atoms with van der Waals surface area (Å²) < 4.78 is 25.9. The summed E-state index contributed by atoms with van der Waals surface area (Å²) in [6.07, 6.45) is 0.0208. The maximum Gasteiger partial charge on any atom is 0.264 e. The van der Waals surface area contributed by atoms with Gasteiger partial charge >= 0.3 is 0 Å². The fraction of sp³-hybridized carbons (Fsp3) is 0.464. The summed E-state index contributed by atoms with van der Waals surface area (Å²) in [4.78, 5) is 42.0. The predicted octanol–water partition coefficient (Wildman–Crippen LogP) is 3.96. The number of amides is 3. The number of carbonyl (C=O) groups excluding carboxylic acids is 3. The minimum Gasteiger partial charge on any atom is -0.380 e. The number of rotatable bonds is 7. The van der Waals surface area contributed by atoms with Crippen LogP contribution in [0.1, 0.15) is 63.1 Å². The molecule has 9 heteroatoms. The topological polar surface area (TPSA) is 81.8 Å². The Morgan fingerprint density at radius 1 is 1.05 bits per heavy atom. The highest BCUT2D eigenvalue weighted by Gasteiger charge is 2.44. The first-order chi connectivity index (χ1) is 17.8. The second-order valence-electron chi connectivity index (χ2n) is 10.2. The van der Waals surface area contributed by atoms with Crippen LogP contribution in [0.25, 0.3) is 0 Å². The van der Waals surface area contributed by atoms with Gasteiger partial charge in [0.15, 0.2) is 0 Å². The van der Waals surface area contributed by atoms with Crippen LogP contribution in [0.15, 0.2) is 36.4 Å². The Labute approximate surface area is 215 Å². The number of hydrogen-bond acceptors (Lipinski definition) is 5. The zero-order chi connectivity index (χ0) is 26.1. The molecule has 7 nitrogen and oxygen atoms in total. The number of benzene rings is 2. The van der Waals surface area contributed by atoms with E-state index >= 15 is 0 Å². The molecule has 3 aliphatic heterocycles. The number of halogens is 2. The molecule has 0 spiro atoms. The van der Waals surface area contributed by atoms with Crippen molar-refractivity contribution < 1.29 is 23.2 Å². The number of carbonyl (C=O) groups is 3. The third kappa shape index (κ3) is 5.09. The zero-order valence-electron chi connectivity index (χ0n) is 20.9. The molecule has 0 aromatic heterocycles. The number of anilines is 1. The van der Waals surface area contributed by atoms with E-state index < -0.39 is 30.2 Å². The average molecular weight is 511 g/mol. The molecule has 0 bridgehead atoms. The molecule has 2 saturated heterocycles. The second kappa shape index (κ2) is 10.6. The monoisotopic (exact) mass is 510 g/mol. The molecule has 196 valence electrons. The van der Waals surface area contributed by atoms with Gasteiger partial charge in [-0.2, -0.15) is 0 Å². The highest BCUT2D eigenvalue weighted by molar-refractivity contribution is 6.25. The van der Waals surface area contributed by atoms with E-state index in [2.05, 4.69) is 27.7 Å². The fourth-order valence-corrected chi connectivity index (χ4v) is 5.58. The molecule has 0 aliphatic carbocycles. The molecule has 1 unspecified atom stereocenters. The van der Waals surface area contributed by atoms with Crippen LogP contribution in [-0.2, 0) is 17.9 Å². The van der Waals surface area contributed by atoms with Crippen molar-refractivity contribution in [3.8, 4) is 0 Å². The van der Waals surface area contributed by atoms with Gasteiger partial charge in [-0.3, -0.25) is 24.2 Å². The molecule has 3 amide bonds. The molecular weight excluding hydrogens is 478 g/mol. The Hall–Kier alpha value is -3.33. The summed E-state index contributed by atoms with van der Waals surface area (Å²) in [6.45, 7) is 5.17. The normalized spacial score (nSPS) is 20.9. The van der Waals surface area contributed by atoms with Gasteiger partial charge in [0.2, 0.25) is 12.3 Å². The SMILES string of the molecule is Cc1cc(CNc2cccc3c2C(=O)N(C2CCCNC2=O)C3=O)ccc1CN1CCC(C(F)F)CC1. The molecule has 37 heavy (non-hydrogen) atoms. The van der Waals surface area contributed by atoms with Gasteiger partial charge in [-0.15, -0.1) is 0 Å². The molecule has 2 aromatic carbocycles. The van der Waals surface area contributed by atoms with Gasteiger partial charge in [0.1, 0.15) is 6.04 Å². The van der Waals surface area contributed by atoms with Gasteiger partial charge in [0.25, 0.3) is 11.8 Å². The zero-order valence-corrected chi connectivity index (χ0v) is 20.9. The van der Waals surface area contributed by atoms with Crippen LogP contribution >= 0.6 is 0 Å². The Balaban J connectivity index is 1.24. The van der Waals surface area contributed by atoms with Gasteiger partial charge in [-0.1, -0.05) is 24.3 Å². The van der Waals surface area contributed by atoms with Gasteiger partial charge in [0.05, 0.1) is 11.1 Å². The van der Waals surface area contributed by atoms with Crippen LogP contribution in [0, 0.1) is 12.8 Å². The van der Waals surface area contributed by atoms with Crippen molar-refractivity contribution in [1.29, 1.82) is 0 Å². The Bertz CT molecular complexity index is 1210. The maximum absolute atomic E-state index is 13.3. The van der Waals surface area contributed by atoms with Crippen molar-refractivity contribution in [2.45, 2.75) is 58.2 Å². The maximum atomic E-state index is 13.3. The Morgan fingerprint density at radius 2 is 1.84 bits per heavy atom. The van der Waals surface area contributed by atoms with Crippen LogP contribution in [0.5, 0.6) is 0 Å². The fourth-order valence-electron chi connectivity index (χ4n) is 5.58. The molecule has 3 heterocycles. The highest BCUT2D eigenvalue weighted by atomic mass is 19.3. The quantitative estimate of drug-likeness (QED) is 0.551. The number of likely N-dealkylation sites (tertiary alicyclic amines) is 1. The standard InChI is InChI=1S/C28H32F2N4O3/c1-17-14-18(7-8-20(17)16-33-12-9-19(10-13-33)25(29)30)15-32-22-5-2-4-21-24(22)28(37)34(27(21)36)23-6-3-11-31-26(23)35/h2,4-5,7-8,14,19,23,25,32H,3,6,9-13,15-16H2,1H3,(H,31,35). The average Bonchev–Trinajstić information content (AvgIpc) is 3.15. The lowest BCUT2D eigenvalue weighted by Gasteiger charge is -2.31. The van der Waals surface area contributed by atoms with E-state index in [0.29, 0.717) is 62.3 Å². The molecule has 2 aromatic rings. The summed E-state index contributed by atoms with van der Waals surface area (Å²) in [7, 11) is 0. The Kier molecular flexibility index (Phi) is 7.24. The second-order valence-corrected chi connectivity index (χ2v) is 10.2. The highest BCUT2D eigenvalue weighted by Crippen LogP contribution is 2.32. The van der Waals surface area contributed by atoms with Crippen molar-refractivity contribution in [2.75, 3.05) is 25.0 Å². The van der Waals surface area contributed by atoms with Gasteiger partial charge < -0.3 is 10.6 Å². The number of fused-ring (bicyclic) bond motifs is 1. The van der Waals surface area contributed by atoms with E-state index in [1.54, 1.807) is 18.2 Å². The number of nitrogens with zero attached hydrogens (tertiary/aromatic N) is 2. The third-order valence-corrected chi connectivity index (χ3v) is 7.79. The van der Waals surface area contributed by atoms with E-state index in [1.807, 2.05) is 13.0 Å². The van der Waals surface area contributed by atoms with Gasteiger partial charge in [0, 0.05) is 31.2 Å². The van der Waals surface area contributed by atoms with Gasteiger partial charge in [-0.25, -0.2) is 8.78 Å². The minimum absolute atomic E-state index is 0.288. The molecule has 0 saturated carbocycles. The summed E-state index contributed by atoms with van der Waals surface area (Å²) in [5.41, 5.74) is 4.51. The summed E-state index contributed by atoms with van der Waals surface area (Å²) in [5, 5.41) is 6.05. The van der Waals surface area contributed by atoms with E-state index in [4.69, 9.17) is 0 Å². The molecular formula is C28H32F2N4O3. The van der Waals surface area contributed by atoms with E-state index in [1.165, 1.54) is 5.56 Å². The van der Waals surface area contributed by atoms with Crippen molar-refractivity contribution in [3.63, 3.8) is 0 Å². The van der Waals surface area contributed by atoms with Crippen LogP contribution in [-0.4, -0.2) is 59.6 Å². The lowest BCUT2D eigenvalue weighted by atomic mass is 9.96. The van der Waals surface area contributed by atoms with Crippen LogP contribution < -0.4 is 10.6 Å². The Morgan fingerprint density at radius 3 is 2.54 bits per heavy atom. The summed E-state index contributed by atoms with van der Waals surface area (Å²) in [6, 6.07) is 10.6. The molecule has 1 atom stereocenters. The number of nitrogens with one attached hydrogen (secondary N) is 2. The minimum atomic E-state index is -2.23. The first-order valence-electron chi connectivity index (χ1n) is 12.9. The van der Waals surface area contributed by atoms with Crippen molar-refractivity contribution >= 4 is 23.4 Å². The lowest BCUT2D eigenvalue weighted by molar-refractivity contribution is -0.126. The first kappa shape index (κ1) is 25.3. The lowest BCUT2D eigenvalue weighted by Crippen LogP contribution is -2.52. The molecule has 3 aliphatic rings. The number of hydrogen-bond donors (Lipinski definition) is 2. The number of alkyl halides is 2. The molecule has 0 radical (unpaired) electrons. The largest absolute Gasteiger partial charge is 0.380 e. The van der Waals surface area contributed by atoms with Crippen molar-refractivity contribution in [1.82, 2.24) is 15.1 Å². The smallest absolute Gasteiger partial charge is 0.264 e. The van der Waals surface area contributed by atoms with Crippen molar-refractivity contribution in [3.05, 3.63) is 64.2 Å². The van der Waals surface area contributed by atoms with Crippen LogP contribution in [0.4, 0.5) is 14.5 Å². The first-order valence-corrected chi connectivity index (χ1v) is 12.9. The van der Waals surface area contributed by atoms with E-state index in [9.17, 15) is 23.2 Å². The van der Waals surface area contributed by atoms with Crippen molar-refractivity contribution in [2.24, 2.45) is 5.92 Å². The number of imide groups is 1. The summed E-state index contributed by atoms with van der Waals surface area (Å²) >= 11 is 0. The van der Waals surface area contributed by atoms with Crippen LogP contribution in [0.2, 0.25) is 0 Å². The summed E-state index contributed by atoms with van der Waals surface area (Å²) in [5.74, 6) is -1.64. The van der Waals surface area contributed by atoms with Gasteiger partial charge in [-0.05, 0) is 74.5 Å². The molecule has 2 N–H and O–H groups in total. The third-order valence-electron chi connectivity index (χ3n) is 7.79. The molecule has 5 rings (SSSR count). The van der Waals surface area contributed by atoms with E-state index in [-0.39, 0.29) is 5.91 Å². The predicted molar refractivity (Wildman–Crippen MR) is 135 cm³/mol. The van der Waals surface area contributed by atoms with E-state index in [0.717, 1.165) is 29.0 Å². The van der Waals surface area contributed by atoms with Crippen LogP contribution in [0.3, 0.4) is 0 Å².